The van der Waals surface area contributed by atoms with Crippen LogP contribution in [0, 0.1) is 11.8 Å². The van der Waals surface area contributed by atoms with E-state index in [1.165, 1.54) is 4.90 Å². The number of hydrogen-bond acceptors (Lipinski definition) is 11. The second-order valence-corrected chi connectivity index (χ2v) is 18.0. The molecule has 2 aliphatic carbocycles. The number of hydrogen-bond donors (Lipinski definition) is 3. The Kier molecular flexibility index (Phi) is 11.2. The van der Waals surface area contributed by atoms with Crippen molar-refractivity contribution in [2.75, 3.05) is 13.2 Å². The maximum Gasteiger partial charge on any atom is 0.445 e. The van der Waals surface area contributed by atoms with Gasteiger partial charge in [0.15, 0.2) is 0 Å². The number of carbonyl (C=O) groups is 3. The highest BCUT2D eigenvalue weighted by Crippen LogP contribution is 2.46. The van der Waals surface area contributed by atoms with E-state index in [-0.39, 0.29) is 30.3 Å². The van der Waals surface area contributed by atoms with Gasteiger partial charge in [-0.15, -0.1) is 5.01 Å². The van der Waals surface area contributed by atoms with E-state index in [0.29, 0.717) is 49.3 Å². The number of benzene rings is 1. The molecule has 0 bridgehead atoms. The third-order valence-electron chi connectivity index (χ3n) is 10.3. The quantitative estimate of drug-likeness (QED) is 0.204. The number of nitrogens with zero attached hydrogens (tertiary/aromatic N) is 3. The number of pyridine rings is 1. The van der Waals surface area contributed by atoms with Gasteiger partial charge in [0.05, 0.1) is 18.4 Å². The van der Waals surface area contributed by atoms with Crippen LogP contribution in [0.3, 0.4) is 0 Å². The van der Waals surface area contributed by atoms with Gasteiger partial charge in [-0.25, -0.2) is 18.2 Å². The van der Waals surface area contributed by atoms with Crippen molar-refractivity contribution < 1.29 is 47.1 Å². The molecule has 294 valence electrons. The van der Waals surface area contributed by atoms with Crippen LogP contribution in [0.4, 0.5) is 4.79 Å². The number of ether oxygens (including phenoxy) is 3. The van der Waals surface area contributed by atoms with Crippen molar-refractivity contribution in [3.05, 3.63) is 42.6 Å². The third-order valence-corrected chi connectivity index (χ3v) is 12.1. The zero-order valence-corrected chi connectivity index (χ0v) is 32.6. The minimum atomic E-state index is -3.90. The third kappa shape index (κ3) is 8.91. The lowest BCUT2D eigenvalue weighted by molar-refractivity contribution is -0.855. The van der Waals surface area contributed by atoms with E-state index in [2.05, 4.69) is 27.0 Å². The Labute approximate surface area is 316 Å². The largest absolute Gasteiger partial charge is 0.591 e. The fourth-order valence-corrected chi connectivity index (χ4v) is 8.70. The highest BCUT2D eigenvalue weighted by molar-refractivity contribution is 7.91. The lowest BCUT2D eigenvalue weighted by Crippen LogP contribution is -3.15. The van der Waals surface area contributed by atoms with Crippen LogP contribution >= 0.6 is 0 Å². The summed E-state index contributed by atoms with van der Waals surface area (Å²) in [4.78, 5) is 48.6. The Balaban J connectivity index is 1.35. The van der Waals surface area contributed by atoms with Gasteiger partial charge in [0.2, 0.25) is 27.9 Å². The number of aromatic nitrogens is 1. The molecular formula is C38H52N6O9S. The Morgan fingerprint density at radius 1 is 1.17 bits per heavy atom. The van der Waals surface area contributed by atoms with Gasteiger partial charge in [0.25, 0.3) is 5.91 Å². The van der Waals surface area contributed by atoms with Crippen LogP contribution < -0.4 is 29.6 Å². The number of amides is 4. The fraction of sp³-hybridized carbons (Fsp3) is 0.605. The summed E-state index contributed by atoms with van der Waals surface area (Å²) in [7, 11) is -3.90. The fourth-order valence-electron chi connectivity index (χ4n) is 7.33. The number of quaternary nitrogens is 1. The second-order valence-electron chi connectivity index (χ2n) is 16.1. The van der Waals surface area contributed by atoms with E-state index in [0.717, 1.165) is 11.8 Å². The van der Waals surface area contributed by atoms with E-state index < -0.39 is 74.4 Å². The molecule has 15 nitrogen and oxygen atoms in total. The minimum Gasteiger partial charge on any atom is -0.591 e. The average Bonchev–Trinajstić information content (AvgIpc) is 4.01. The first-order chi connectivity index (χ1) is 25.5. The smallest absolute Gasteiger partial charge is 0.445 e. The van der Waals surface area contributed by atoms with Crippen molar-refractivity contribution >= 4 is 44.7 Å². The van der Waals surface area contributed by atoms with Gasteiger partial charge in [0.1, 0.15) is 29.5 Å². The molecule has 6 rings (SSSR count). The summed E-state index contributed by atoms with van der Waals surface area (Å²) in [6.07, 6.45) is 6.87. The van der Waals surface area contributed by atoms with Crippen LogP contribution in [0.25, 0.3) is 10.8 Å². The number of urea groups is 1. The Morgan fingerprint density at radius 2 is 1.93 bits per heavy atom. The molecule has 1 saturated heterocycles. The first-order valence-corrected chi connectivity index (χ1v) is 20.4. The lowest BCUT2D eigenvalue weighted by atomic mass is 9.97. The summed E-state index contributed by atoms with van der Waals surface area (Å²) in [5, 5.41) is 21.0. The van der Waals surface area contributed by atoms with Crippen LogP contribution in [0.2, 0.25) is 0 Å². The van der Waals surface area contributed by atoms with Gasteiger partial charge in [-0.05, 0) is 81.5 Å². The van der Waals surface area contributed by atoms with E-state index in [1.54, 1.807) is 27.0 Å². The Bertz CT molecular complexity index is 1930. The standard InChI is InChI=1S/C38H52N6O9S/c1-7-51-27-12-15-30-25(19-27)16-17-39-33(30)52-28-20-31-32(45)40-38(34(46)42-54(49,50)29-13-14-29)21-26(38)11-9-8-10-23(2)18-24(3)44(36(48)43(31)22-28)41-35(47)53-37(4,5)6/h9,11-12,15-17,19,23-24,26,28-29,31H,7-8,10,13-14,18,20-22H2,1-6H3,(H,40,45)(H,41,47)(H,42,46)/b11-9-/t23-,24+,26+,28+,31-,38+/m0/s1. The Morgan fingerprint density at radius 3 is 2.63 bits per heavy atom. The molecule has 3 fully saturated rings. The molecule has 3 N–H and O–H groups in total. The minimum absolute atomic E-state index is 0.0236. The van der Waals surface area contributed by atoms with Gasteiger partial charge < -0.3 is 24.6 Å². The number of rotatable bonds is 8. The Hall–Kier alpha value is -4.44. The van der Waals surface area contributed by atoms with Crippen LogP contribution in [-0.2, 0) is 24.3 Å². The number of allylic oxidation sites excluding steroid dienone is 1. The summed E-state index contributed by atoms with van der Waals surface area (Å²) in [6, 6.07) is 5.09. The van der Waals surface area contributed by atoms with Crippen molar-refractivity contribution in [3.63, 3.8) is 0 Å². The van der Waals surface area contributed by atoms with Gasteiger partial charge in [0, 0.05) is 35.9 Å². The van der Waals surface area contributed by atoms with Crippen LogP contribution in [0.5, 0.6) is 11.6 Å². The van der Waals surface area contributed by atoms with Crippen LogP contribution in [-0.4, -0.2) is 90.0 Å². The van der Waals surface area contributed by atoms with E-state index >= 15 is 0 Å². The van der Waals surface area contributed by atoms with Crippen molar-refractivity contribution in [1.29, 1.82) is 0 Å². The zero-order valence-electron chi connectivity index (χ0n) is 31.8. The highest BCUT2D eigenvalue weighted by Gasteiger charge is 2.62. The predicted octanol–water partition coefficient (Wildman–Crippen LogP) is 2.15. The molecule has 2 aliphatic heterocycles. The first-order valence-electron chi connectivity index (χ1n) is 18.8. The maximum atomic E-state index is 14.7. The topological polar surface area (TPSA) is 193 Å². The molecule has 1 aromatic heterocycles. The first kappa shape index (κ1) is 39.3. The number of carbonyl (C=O) groups excluding carboxylic acids is 3. The van der Waals surface area contributed by atoms with E-state index in [1.807, 2.05) is 50.3 Å². The number of nitrogens with one attached hydrogen (secondary N) is 3. The molecule has 3 heterocycles. The molecule has 0 spiro atoms. The van der Waals surface area contributed by atoms with Crippen molar-refractivity contribution in [2.24, 2.45) is 16.9 Å². The summed E-state index contributed by atoms with van der Waals surface area (Å²) in [5.74, 6) is -0.788. The summed E-state index contributed by atoms with van der Waals surface area (Å²) >= 11 is 0. The molecule has 54 heavy (non-hydrogen) atoms. The highest BCUT2D eigenvalue weighted by atomic mass is 32.2. The summed E-state index contributed by atoms with van der Waals surface area (Å²) < 4.78 is 45.5. The van der Waals surface area contributed by atoms with Crippen molar-refractivity contribution in [3.8, 4) is 11.6 Å². The van der Waals surface area contributed by atoms with Gasteiger partial charge in [-0.3, -0.25) is 19.2 Å². The van der Waals surface area contributed by atoms with E-state index in [9.17, 15) is 27.9 Å². The molecule has 2 aromatic rings. The van der Waals surface area contributed by atoms with Gasteiger partial charge in [-0.2, -0.15) is 0 Å². The maximum absolute atomic E-state index is 14.7. The molecule has 2 saturated carbocycles. The van der Waals surface area contributed by atoms with Gasteiger partial charge >= 0.3 is 6.03 Å². The predicted molar refractivity (Wildman–Crippen MR) is 198 cm³/mol. The van der Waals surface area contributed by atoms with Crippen LogP contribution in [0.15, 0.2) is 47.7 Å². The number of fused-ring (bicyclic) bond motifs is 3. The molecule has 1 unspecified atom stereocenters. The molecule has 7 atom stereocenters. The molecular weight excluding hydrogens is 717 g/mol. The normalized spacial score (nSPS) is 30.3. The molecule has 16 heteroatoms. The molecule has 4 aliphatic rings. The lowest BCUT2D eigenvalue weighted by Gasteiger charge is -2.31. The van der Waals surface area contributed by atoms with Crippen molar-refractivity contribution in [1.82, 2.24) is 19.9 Å². The second kappa shape index (κ2) is 15.4. The SMILES string of the molecule is CCOc1ccc2c(O[C@@H]3C[C@H]4C(=O)N[C@]5(C(=O)NS(=O)(=O)C6CC6)C[C@H]5/C=C\CC[C@H](C)C[C@@H](C)[NH+](N=C([O-])OC(C)(C)C)C(=O)N4C3)nccc2c1. The average molecular weight is 769 g/mol. The number of sulfonamides is 1. The monoisotopic (exact) mass is 768 g/mol. The summed E-state index contributed by atoms with van der Waals surface area (Å²) in [6.45, 7) is 11.3. The summed E-state index contributed by atoms with van der Waals surface area (Å²) in [5.41, 5.74) is -2.38. The van der Waals surface area contributed by atoms with E-state index in [4.69, 9.17) is 14.2 Å². The zero-order chi connectivity index (χ0) is 39.0. The van der Waals surface area contributed by atoms with Crippen LogP contribution in [0.1, 0.15) is 86.5 Å². The molecule has 1 aromatic carbocycles. The molecule has 0 radical (unpaired) electrons. The van der Waals surface area contributed by atoms with Crippen molar-refractivity contribution in [2.45, 2.75) is 121 Å². The molecule has 4 amide bonds. The van der Waals surface area contributed by atoms with Gasteiger partial charge in [-0.1, -0.05) is 44.9 Å².